The molecule has 6 rings (SSSR count). The van der Waals surface area contributed by atoms with Gasteiger partial charge in [-0.1, -0.05) is 12.1 Å². The fourth-order valence-electron chi connectivity index (χ4n) is 4.19. The van der Waals surface area contributed by atoms with Gasteiger partial charge in [0.25, 0.3) is 0 Å². The Morgan fingerprint density at radius 3 is 2.64 bits per heavy atom. The van der Waals surface area contributed by atoms with Crippen molar-refractivity contribution in [2.45, 2.75) is 12.8 Å². The predicted molar refractivity (Wildman–Crippen MR) is 129 cm³/mol. The van der Waals surface area contributed by atoms with E-state index < -0.39 is 0 Å². The highest BCUT2D eigenvalue weighted by atomic mass is 32.1. The van der Waals surface area contributed by atoms with Crippen LogP contribution in [0.4, 0.5) is 11.5 Å². The quantitative estimate of drug-likeness (QED) is 0.436. The Morgan fingerprint density at radius 2 is 1.82 bits per heavy atom. The van der Waals surface area contributed by atoms with Gasteiger partial charge in [0, 0.05) is 30.3 Å². The molecule has 164 valence electrons. The van der Waals surface area contributed by atoms with Crippen molar-refractivity contribution in [3.05, 3.63) is 67.0 Å². The largest absolute Gasteiger partial charge is 0.355 e. The third-order valence-corrected chi connectivity index (χ3v) is 7.12. The fraction of sp³-hybridized carbons (Fsp3) is 0.208. The number of para-hydroxylation sites is 1. The van der Waals surface area contributed by atoms with E-state index in [1.807, 2.05) is 54.6 Å². The molecule has 33 heavy (non-hydrogen) atoms. The summed E-state index contributed by atoms with van der Waals surface area (Å²) in [4.78, 5) is 19.8. The molecule has 1 amide bonds. The van der Waals surface area contributed by atoms with Crippen LogP contribution in [-0.4, -0.2) is 43.8 Å². The van der Waals surface area contributed by atoms with Crippen LogP contribution in [0.15, 0.2) is 67.0 Å². The van der Waals surface area contributed by atoms with Crippen LogP contribution in [0.5, 0.6) is 0 Å². The molecule has 2 aromatic carbocycles. The number of thiazole rings is 1. The molecule has 0 unspecified atom stereocenters. The first kappa shape index (κ1) is 19.8. The summed E-state index contributed by atoms with van der Waals surface area (Å²) in [6.07, 6.45) is 3.18. The average molecular weight is 456 g/mol. The number of anilines is 2. The van der Waals surface area contributed by atoms with Crippen LogP contribution >= 0.6 is 11.3 Å². The topological polar surface area (TPSA) is 88.3 Å². The minimum Gasteiger partial charge on any atom is -0.355 e. The highest BCUT2D eigenvalue weighted by Crippen LogP contribution is 2.31. The van der Waals surface area contributed by atoms with Gasteiger partial charge in [-0.25, -0.2) is 4.98 Å². The summed E-state index contributed by atoms with van der Waals surface area (Å²) in [5, 5.41) is 16.5. The number of amides is 1. The Balaban J connectivity index is 1.08. The summed E-state index contributed by atoms with van der Waals surface area (Å²) in [6, 6.07) is 19.9. The zero-order chi connectivity index (χ0) is 22.2. The predicted octanol–water partition coefficient (Wildman–Crippen LogP) is 4.26. The fourth-order valence-corrected chi connectivity index (χ4v) is 5.17. The number of carbonyl (C=O) groups excluding carboxylic acids is 1. The molecule has 5 aromatic rings. The van der Waals surface area contributed by atoms with Gasteiger partial charge in [0.15, 0.2) is 5.65 Å². The van der Waals surface area contributed by atoms with Gasteiger partial charge < -0.3 is 10.2 Å². The number of nitrogens with zero attached hydrogens (tertiary/aromatic N) is 6. The molecule has 0 saturated carbocycles. The van der Waals surface area contributed by atoms with Gasteiger partial charge in [0.1, 0.15) is 17.2 Å². The van der Waals surface area contributed by atoms with Crippen molar-refractivity contribution < 1.29 is 4.79 Å². The van der Waals surface area contributed by atoms with Gasteiger partial charge in [0.2, 0.25) is 5.91 Å². The third kappa shape index (κ3) is 3.91. The lowest BCUT2D eigenvalue weighted by atomic mass is 9.95. The molecule has 1 fully saturated rings. The average Bonchev–Trinajstić information content (AvgIpc) is 3.51. The van der Waals surface area contributed by atoms with Crippen molar-refractivity contribution in [3.8, 4) is 10.6 Å². The van der Waals surface area contributed by atoms with E-state index in [2.05, 4.69) is 31.6 Å². The van der Waals surface area contributed by atoms with Crippen molar-refractivity contribution in [1.82, 2.24) is 24.8 Å². The molecule has 3 aromatic heterocycles. The molecule has 8 nitrogen and oxygen atoms in total. The lowest BCUT2D eigenvalue weighted by Crippen LogP contribution is -2.38. The zero-order valence-corrected chi connectivity index (χ0v) is 18.6. The van der Waals surface area contributed by atoms with E-state index in [1.54, 1.807) is 22.2 Å². The number of carbonyl (C=O) groups is 1. The van der Waals surface area contributed by atoms with Crippen LogP contribution in [0.2, 0.25) is 0 Å². The van der Waals surface area contributed by atoms with E-state index >= 15 is 0 Å². The summed E-state index contributed by atoms with van der Waals surface area (Å²) in [6.45, 7) is 1.57. The van der Waals surface area contributed by atoms with E-state index in [4.69, 9.17) is 4.98 Å². The Morgan fingerprint density at radius 1 is 1.00 bits per heavy atom. The maximum Gasteiger partial charge on any atom is 0.227 e. The molecule has 0 spiro atoms. The summed E-state index contributed by atoms with van der Waals surface area (Å²) >= 11 is 1.68. The Kier molecular flexibility index (Phi) is 4.95. The Hall–Kier alpha value is -3.85. The molecule has 4 heterocycles. The summed E-state index contributed by atoms with van der Waals surface area (Å²) in [5.41, 5.74) is 3.60. The third-order valence-electron chi connectivity index (χ3n) is 6.03. The lowest BCUT2D eigenvalue weighted by Gasteiger charge is -2.32. The normalized spacial score (nSPS) is 14.7. The van der Waals surface area contributed by atoms with Crippen LogP contribution in [0.25, 0.3) is 26.4 Å². The SMILES string of the molecule is O=C(Nc1ccc(-c2nc3ccccc3s2)cc1)C1CCN(c2ccc3nncn3n2)CC1. The van der Waals surface area contributed by atoms with Gasteiger partial charge in [-0.05, 0) is 61.4 Å². The lowest BCUT2D eigenvalue weighted by molar-refractivity contribution is -0.120. The van der Waals surface area contributed by atoms with Crippen LogP contribution in [0.3, 0.4) is 0 Å². The molecular formula is C24H21N7OS. The number of piperidine rings is 1. The van der Waals surface area contributed by atoms with Gasteiger partial charge >= 0.3 is 0 Å². The summed E-state index contributed by atoms with van der Waals surface area (Å²) < 4.78 is 2.85. The molecule has 1 aliphatic heterocycles. The Bertz CT molecular complexity index is 1400. The van der Waals surface area contributed by atoms with E-state index in [1.165, 1.54) is 4.70 Å². The molecule has 0 atom stereocenters. The number of benzene rings is 2. The monoisotopic (exact) mass is 455 g/mol. The van der Waals surface area contributed by atoms with Crippen molar-refractivity contribution in [3.63, 3.8) is 0 Å². The minimum absolute atomic E-state index is 0.0103. The highest BCUT2D eigenvalue weighted by molar-refractivity contribution is 7.21. The second-order valence-electron chi connectivity index (χ2n) is 8.14. The number of rotatable bonds is 4. The van der Waals surface area contributed by atoms with Crippen molar-refractivity contribution in [1.29, 1.82) is 0 Å². The van der Waals surface area contributed by atoms with Crippen molar-refractivity contribution in [2.24, 2.45) is 5.92 Å². The molecule has 1 saturated heterocycles. The second-order valence-corrected chi connectivity index (χ2v) is 9.17. The van der Waals surface area contributed by atoms with Crippen LogP contribution in [0, 0.1) is 5.92 Å². The second kappa shape index (κ2) is 8.25. The first-order valence-electron chi connectivity index (χ1n) is 10.9. The number of aromatic nitrogens is 5. The van der Waals surface area contributed by atoms with Crippen LogP contribution in [-0.2, 0) is 4.79 Å². The molecular weight excluding hydrogens is 434 g/mol. The number of hydrogen-bond donors (Lipinski definition) is 1. The van der Waals surface area contributed by atoms with Crippen LogP contribution in [0.1, 0.15) is 12.8 Å². The van der Waals surface area contributed by atoms with Gasteiger partial charge in [0.05, 0.1) is 10.2 Å². The standard InChI is InChI=1S/C24H21N7OS/c32-23(16-11-13-30(14-12-16)22-10-9-21-28-25-15-31(21)29-22)26-18-7-5-17(6-8-18)24-27-19-3-1-2-4-20(19)33-24/h1-10,15-16H,11-14H2,(H,26,32). The van der Waals surface area contributed by atoms with E-state index in [9.17, 15) is 4.79 Å². The zero-order valence-electron chi connectivity index (χ0n) is 17.8. The molecule has 1 N–H and O–H groups in total. The Labute approximate surface area is 193 Å². The summed E-state index contributed by atoms with van der Waals surface area (Å²) in [5.74, 6) is 0.944. The smallest absolute Gasteiger partial charge is 0.227 e. The number of nitrogens with one attached hydrogen (secondary N) is 1. The van der Waals surface area contributed by atoms with Crippen molar-refractivity contribution >= 4 is 44.6 Å². The maximum atomic E-state index is 12.8. The number of fused-ring (bicyclic) bond motifs is 2. The van der Waals surface area contributed by atoms with Crippen molar-refractivity contribution in [2.75, 3.05) is 23.3 Å². The van der Waals surface area contributed by atoms with Crippen LogP contribution < -0.4 is 10.2 Å². The molecule has 9 heteroatoms. The van der Waals surface area contributed by atoms with E-state index in [0.717, 1.165) is 59.2 Å². The minimum atomic E-state index is -0.0103. The van der Waals surface area contributed by atoms with Gasteiger partial charge in [-0.15, -0.1) is 26.6 Å². The highest BCUT2D eigenvalue weighted by Gasteiger charge is 2.26. The van der Waals surface area contributed by atoms with E-state index in [-0.39, 0.29) is 11.8 Å². The molecule has 0 bridgehead atoms. The number of hydrogen-bond acceptors (Lipinski definition) is 7. The first-order chi connectivity index (χ1) is 16.2. The first-order valence-corrected chi connectivity index (χ1v) is 11.7. The van der Waals surface area contributed by atoms with Gasteiger partial charge in [-0.3, -0.25) is 4.79 Å². The van der Waals surface area contributed by atoms with Gasteiger partial charge in [-0.2, -0.15) is 4.52 Å². The molecule has 0 radical (unpaired) electrons. The summed E-state index contributed by atoms with van der Waals surface area (Å²) in [7, 11) is 0. The van der Waals surface area contributed by atoms with E-state index in [0.29, 0.717) is 0 Å². The molecule has 1 aliphatic rings. The maximum absolute atomic E-state index is 12.8. The molecule has 0 aliphatic carbocycles.